The Morgan fingerprint density at radius 3 is 2.20 bits per heavy atom. The number of nitrogens with one attached hydrogen (secondary N) is 1. The molecule has 1 fully saturated rings. The Balaban J connectivity index is 1.28. The van der Waals surface area contributed by atoms with Gasteiger partial charge in [0.05, 0.1) is 48.2 Å². The highest BCUT2D eigenvalue weighted by Gasteiger charge is 2.50. The summed E-state index contributed by atoms with van der Waals surface area (Å²) in [4.78, 5) is 58.4. The predicted octanol–water partition coefficient (Wildman–Crippen LogP) is 4.79. The van der Waals surface area contributed by atoms with Gasteiger partial charge in [-0.1, -0.05) is 83.3 Å². The van der Waals surface area contributed by atoms with E-state index < -0.39 is 102 Å². The molecule has 6 atom stereocenters. The van der Waals surface area contributed by atoms with Crippen LogP contribution in [-0.4, -0.2) is 92.7 Å². The van der Waals surface area contributed by atoms with Crippen LogP contribution >= 0.6 is 0 Å². The molecule has 0 radical (unpaired) electrons. The van der Waals surface area contributed by atoms with Crippen LogP contribution in [0.2, 0.25) is 0 Å². The number of benzene rings is 2. The second kappa shape index (κ2) is 18.8. The van der Waals surface area contributed by atoms with E-state index in [1.807, 2.05) is 0 Å². The van der Waals surface area contributed by atoms with Crippen LogP contribution in [0.1, 0.15) is 153 Å². The average molecular weight is 770 g/mol. The molecular formula is C41H55NO13. The third-order valence-electron chi connectivity index (χ3n) is 11.1. The monoisotopic (exact) mass is 769 g/mol. The Morgan fingerprint density at radius 1 is 0.927 bits per heavy atom. The number of hydrogen-bond donors (Lipinski definition) is 6. The minimum atomic E-state index is -2.31. The van der Waals surface area contributed by atoms with Gasteiger partial charge in [0.1, 0.15) is 29.5 Å². The summed E-state index contributed by atoms with van der Waals surface area (Å²) in [7, 11) is 1.32. The molecule has 2 aromatic carbocycles. The normalized spacial score (nSPS) is 24.5. The van der Waals surface area contributed by atoms with Crippen LogP contribution < -0.4 is 10.2 Å². The van der Waals surface area contributed by atoms with Gasteiger partial charge in [-0.05, 0) is 19.4 Å². The quantitative estimate of drug-likeness (QED) is 0.0549. The lowest BCUT2D eigenvalue weighted by Crippen LogP contribution is -2.55. The number of hydroxylamine groups is 1. The van der Waals surface area contributed by atoms with Crippen LogP contribution in [0.5, 0.6) is 17.2 Å². The van der Waals surface area contributed by atoms with Crippen LogP contribution in [0.3, 0.4) is 0 Å². The number of fused-ring (bicyclic) bond motifs is 3. The zero-order valence-corrected chi connectivity index (χ0v) is 31.9. The first kappa shape index (κ1) is 42.2. The number of phenolic OH excluding ortho intramolecular Hbond substituents is 2. The van der Waals surface area contributed by atoms with Gasteiger partial charge in [-0.2, -0.15) is 0 Å². The number of aliphatic hydroxyl groups excluding tert-OH is 2. The summed E-state index contributed by atoms with van der Waals surface area (Å²) < 4.78 is 17.5. The van der Waals surface area contributed by atoms with Crippen molar-refractivity contribution in [3.63, 3.8) is 0 Å². The number of ketones is 3. The van der Waals surface area contributed by atoms with Crippen molar-refractivity contribution in [2.24, 2.45) is 0 Å². The lowest BCUT2D eigenvalue weighted by Gasteiger charge is -2.42. The van der Waals surface area contributed by atoms with Crippen molar-refractivity contribution in [3.8, 4) is 17.2 Å². The van der Waals surface area contributed by atoms with Gasteiger partial charge in [0.25, 0.3) is 0 Å². The van der Waals surface area contributed by atoms with E-state index in [2.05, 4.69) is 12.4 Å². The number of ether oxygens (including phenoxy) is 3. The molecule has 0 aromatic heterocycles. The molecule has 2 aliphatic carbocycles. The second-order valence-corrected chi connectivity index (χ2v) is 15.0. The molecule has 0 spiro atoms. The molecule has 0 amide bonds. The molecule has 302 valence electrons. The summed E-state index contributed by atoms with van der Waals surface area (Å²) in [6.45, 7) is 2.72. The molecule has 14 heteroatoms. The molecular weight excluding hydrogens is 714 g/mol. The molecule has 0 saturated carbocycles. The largest absolute Gasteiger partial charge is 0.507 e. The highest BCUT2D eigenvalue weighted by molar-refractivity contribution is 6.31. The minimum Gasteiger partial charge on any atom is -0.507 e. The number of methoxy groups -OCH3 is 1. The Bertz CT molecular complexity index is 1730. The zero-order chi connectivity index (χ0) is 39.9. The number of phenols is 2. The van der Waals surface area contributed by atoms with E-state index >= 15 is 0 Å². The summed E-state index contributed by atoms with van der Waals surface area (Å²) in [5.74, 6) is -4.43. The first-order chi connectivity index (χ1) is 26.4. The maximum Gasteiger partial charge on any atom is 0.324 e. The zero-order valence-electron chi connectivity index (χ0n) is 31.9. The van der Waals surface area contributed by atoms with Gasteiger partial charge < -0.3 is 44.6 Å². The Labute approximate surface area is 321 Å². The first-order valence-electron chi connectivity index (χ1n) is 19.5. The molecule has 6 N–H and O–H groups in total. The molecule has 55 heavy (non-hydrogen) atoms. The number of unbranched alkanes of at least 4 members (excludes halogenated alkanes) is 10. The number of Topliss-reactive ketones (excluding diaryl/α,β-unsaturated/α-hetero) is 1. The molecule has 3 aliphatic rings. The van der Waals surface area contributed by atoms with Crippen LogP contribution in [0.25, 0.3) is 0 Å². The van der Waals surface area contributed by atoms with Crippen LogP contribution in [0.4, 0.5) is 0 Å². The van der Waals surface area contributed by atoms with Crippen molar-refractivity contribution in [2.45, 2.75) is 146 Å². The highest BCUT2D eigenvalue weighted by atomic mass is 16.7. The third-order valence-corrected chi connectivity index (χ3v) is 11.1. The maximum absolute atomic E-state index is 13.9. The Kier molecular flexibility index (Phi) is 14.4. The third kappa shape index (κ3) is 9.22. The lowest BCUT2D eigenvalue weighted by atomic mass is 9.72. The first-order valence-corrected chi connectivity index (χ1v) is 19.5. The van der Waals surface area contributed by atoms with Crippen molar-refractivity contribution in [3.05, 3.63) is 51.6 Å². The van der Waals surface area contributed by atoms with Crippen molar-refractivity contribution >= 4 is 23.3 Å². The van der Waals surface area contributed by atoms with E-state index in [1.54, 1.807) is 6.92 Å². The average Bonchev–Trinajstić information content (AvgIpc) is 3.17. The summed E-state index contributed by atoms with van der Waals surface area (Å²) in [6, 6.07) is 3.49. The van der Waals surface area contributed by atoms with E-state index in [4.69, 9.17) is 19.0 Å². The van der Waals surface area contributed by atoms with E-state index in [0.717, 1.165) is 19.3 Å². The molecule has 5 rings (SSSR count). The number of hydrogen-bond acceptors (Lipinski definition) is 14. The van der Waals surface area contributed by atoms with Crippen molar-refractivity contribution < 1.29 is 63.8 Å². The van der Waals surface area contributed by atoms with E-state index in [0.29, 0.717) is 6.42 Å². The summed E-state index contributed by atoms with van der Waals surface area (Å²) in [5.41, 5.74) is -1.24. The molecule has 1 aliphatic heterocycles. The van der Waals surface area contributed by atoms with Gasteiger partial charge in [-0.25, -0.2) is 0 Å². The number of aliphatic hydroxyl groups is 3. The predicted molar refractivity (Wildman–Crippen MR) is 198 cm³/mol. The number of rotatable bonds is 19. The van der Waals surface area contributed by atoms with Gasteiger partial charge in [-0.3, -0.25) is 19.2 Å². The molecule has 0 bridgehead atoms. The summed E-state index contributed by atoms with van der Waals surface area (Å²) in [6.07, 6.45) is 6.87. The van der Waals surface area contributed by atoms with Crippen LogP contribution in [-0.2, 0) is 30.3 Å². The van der Waals surface area contributed by atoms with Gasteiger partial charge in [0.2, 0.25) is 5.78 Å². The van der Waals surface area contributed by atoms with Crippen molar-refractivity contribution in [1.82, 2.24) is 5.48 Å². The molecule has 14 nitrogen and oxygen atoms in total. The fraction of sp³-hybridized carbons (Fsp3) is 0.610. The number of aromatic hydroxyl groups is 2. The Morgan fingerprint density at radius 2 is 1.56 bits per heavy atom. The SMILES string of the molecule is CCCCCCCCCCCCCC(=O)ONC1CC(O[C@H]2C[C@](O)(C(=O)CO)Cc3c(O)c4c(c(O)c32)C(=O)c2c(OC)cccc2C4=O)OC(C)C1O. The molecule has 1 saturated heterocycles. The fourth-order valence-corrected chi connectivity index (χ4v) is 7.96. The summed E-state index contributed by atoms with van der Waals surface area (Å²) >= 11 is 0. The number of carbonyl (C=O) groups is 4. The highest BCUT2D eigenvalue weighted by Crippen LogP contribution is 2.52. The van der Waals surface area contributed by atoms with Gasteiger partial charge >= 0.3 is 5.97 Å². The Hall–Kier alpha value is -3.92. The molecule has 4 unspecified atom stereocenters. The topological polar surface area (TPSA) is 218 Å². The second-order valence-electron chi connectivity index (χ2n) is 15.0. The smallest absolute Gasteiger partial charge is 0.324 e. The lowest BCUT2D eigenvalue weighted by molar-refractivity contribution is -0.256. The fourth-order valence-electron chi connectivity index (χ4n) is 7.96. The van der Waals surface area contributed by atoms with Gasteiger partial charge in [0.15, 0.2) is 17.9 Å². The number of carbonyl (C=O) groups excluding carboxylic acids is 4. The standard InChI is InChI=1S/C41H55NO13/c1-4-5-6-7-8-9-10-11-12-13-14-18-30(45)55-42-26-19-31(53-23(2)36(26)46)54-28-21-41(51,29(44)22-43)20-25-33(28)40(50)35-34(38(25)48)37(47)24-16-15-17-27(52-3)32(24)39(35)49/h15-17,23,26,28,31,36,42-43,46,48,50-51H,4-14,18-22H2,1-3H3/t23?,26?,28-,31?,36?,41-/m0/s1. The van der Waals surface area contributed by atoms with Crippen LogP contribution in [0.15, 0.2) is 18.2 Å². The van der Waals surface area contributed by atoms with Gasteiger partial charge in [0, 0.05) is 42.4 Å². The minimum absolute atomic E-state index is 0.0713. The van der Waals surface area contributed by atoms with E-state index in [9.17, 15) is 44.7 Å². The van der Waals surface area contributed by atoms with E-state index in [-0.39, 0.29) is 40.8 Å². The van der Waals surface area contributed by atoms with Crippen LogP contribution in [0, 0.1) is 0 Å². The van der Waals surface area contributed by atoms with Crippen molar-refractivity contribution in [1.29, 1.82) is 0 Å². The van der Waals surface area contributed by atoms with E-state index in [1.165, 1.54) is 70.3 Å². The van der Waals surface area contributed by atoms with Gasteiger partial charge in [-0.15, -0.1) is 5.48 Å². The maximum atomic E-state index is 13.9. The van der Waals surface area contributed by atoms with Crippen molar-refractivity contribution in [2.75, 3.05) is 13.7 Å². The molecule has 1 heterocycles. The summed E-state index contributed by atoms with van der Waals surface area (Å²) in [5, 5.41) is 55.5. The molecule has 2 aromatic rings.